The van der Waals surface area contributed by atoms with Crippen LogP contribution in [0, 0.1) is 24.7 Å². The van der Waals surface area contributed by atoms with Gasteiger partial charge in [-0.3, -0.25) is 0 Å². The average molecular weight is 246 g/mol. The molecule has 0 aliphatic heterocycles. The fourth-order valence-electron chi connectivity index (χ4n) is 4.01. The summed E-state index contributed by atoms with van der Waals surface area (Å²) in [5.41, 5.74) is 2.17. The highest BCUT2D eigenvalue weighted by molar-refractivity contribution is 5.37. The summed E-state index contributed by atoms with van der Waals surface area (Å²) in [6.07, 6.45) is 4.98. The number of ether oxygens (including phenoxy) is 1. The lowest BCUT2D eigenvalue weighted by Crippen LogP contribution is -2.19. The van der Waals surface area contributed by atoms with Gasteiger partial charge in [-0.05, 0) is 67.2 Å². The second-order valence-corrected chi connectivity index (χ2v) is 6.01. The minimum Gasteiger partial charge on any atom is -0.496 e. The largest absolute Gasteiger partial charge is 0.496 e. The topological polar surface area (TPSA) is 29.5 Å². The SMILES string of the molecule is COc1ccc(C(O)C2CC3CCC2C3)cc1C. The standard InChI is InChI=1S/C16H22O2/c1-10-7-13(5-6-15(10)18-2)16(17)14-9-11-3-4-12(14)8-11/h5-7,11-12,14,16-17H,3-4,8-9H2,1-2H3. The van der Waals surface area contributed by atoms with Crippen molar-refractivity contribution in [2.45, 2.75) is 38.7 Å². The molecule has 0 saturated heterocycles. The summed E-state index contributed by atoms with van der Waals surface area (Å²) in [5, 5.41) is 10.6. The van der Waals surface area contributed by atoms with Gasteiger partial charge in [0.05, 0.1) is 13.2 Å². The summed E-state index contributed by atoms with van der Waals surface area (Å²) in [4.78, 5) is 0. The number of fused-ring (bicyclic) bond motifs is 2. The lowest BCUT2D eigenvalue weighted by atomic mass is 9.82. The van der Waals surface area contributed by atoms with Crippen LogP contribution in [0.4, 0.5) is 0 Å². The van der Waals surface area contributed by atoms with Crippen LogP contribution in [0.2, 0.25) is 0 Å². The van der Waals surface area contributed by atoms with Crippen molar-refractivity contribution in [3.63, 3.8) is 0 Å². The molecule has 2 bridgehead atoms. The van der Waals surface area contributed by atoms with E-state index in [2.05, 4.69) is 6.07 Å². The highest BCUT2D eigenvalue weighted by atomic mass is 16.5. The van der Waals surface area contributed by atoms with Gasteiger partial charge in [-0.2, -0.15) is 0 Å². The van der Waals surface area contributed by atoms with Crippen LogP contribution in [0.5, 0.6) is 5.75 Å². The monoisotopic (exact) mass is 246 g/mol. The third-order valence-corrected chi connectivity index (χ3v) is 4.96. The molecule has 1 aromatic carbocycles. The Kier molecular flexibility index (Phi) is 3.06. The number of aliphatic hydroxyl groups excluding tert-OH is 1. The van der Waals surface area contributed by atoms with E-state index < -0.39 is 0 Å². The van der Waals surface area contributed by atoms with Crippen molar-refractivity contribution in [3.8, 4) is 5.75 Å². The first-order chi connectivity index (χ1) is 8.69. The molecule has 0 spiro atoms. The van der Waals surface area contributed by atoms with Gasteiger partial charge in [-0.15, -0.1) is 0 Å². The number of benzene rings is 1. The van der Waals surface area contributed by atoms with Crippen LogP contribution < -0.4 is 4.74 Å². The first kappa shape index (κ1) is 12.0. The number of methoxy groups -OCH3 is 1. The Balaban J connectivity index is 1.80. The summed E-state index contributed by atoms with van der Waals surface area (Å²) in [6, 6.07) is 6.07. The van der Waals surface area contributed by atoms with E-state index >= 15 is 0 Å². The minimum atomic E-state index is -0.287. The molecule has 18 heavy (non-hydrogen) atoms. The van der Waals surface area contributed by atoms with Crippen molar-refractivity contribution in [1.82, 2.24) is 0 Å². The third-order valence-electron chi connectivity index (χ3n) is 4.96. The summed E-state index contributed by atoms with van der Waals surface area (Å²) in [6.45, 7) is 2.04. The van der Waals surface area contributed by atoms with Crippen LogP contribution in [0.25, 0.3) is 0 Å². The van der Waals surface area contributed by atoms with Crippen molar-refractivity contribution in [1.29, 1.82) is 0 Å². The van der Waals surface area contributed by atoms with Gasteiger partial charge in [0, 0.05) is 0 Å². The quantitative estimate of drug-likeness (QED) is 0.885. The molecule has 3 rings (SSSR count). The third kappa shape index (κ3) is 1.93. The van der Waals surface area contributed by atoms with Gasteiger partial charge in [-0.1, -0.05) is 12.5 Å². The molecule has 4 unspecified atom stereocenters. The van der Waals surface area contributed by atoms with E-state index in [1.165, 1.54) is 25.7 Å². The Morgan fingerprint density at radius 2 is 2.11 bits per heavy atom. The first-order valence-corrected chi connectivity index (χ1v) is 7.01. The van der Waals surface area contributed by atoms with Gasteiger partial charge in [0.2, 0.25) is 0 Å². The Hall–Kier alpha value is -1.02. The van der Waals surface area contributed by atoms with E-state index in [9.17, 15) is 5.11 Å². The number of aryl methyl sites for hydroxylation is 1. The molecule has 2 aliphatic rings. The zero-order chi connectivity index (χ0) is 12.7. The maximum absolute atomic E-state index is 10.6. The van der Waals surface area contributed by atoms with Crippen molar-refractivity contribution in [3.05, 3.63) is 29.3 Å². The molecule has 0 aromatic heterocycles. The zero-order valence-electron chi connectivity index (χ0n) is 11.2. The molecule has 2 nitrogen and oxygen atoms in total. The Labute approximate surface area is 109 Å². The van der Waals surface area contributed by atoms with Gasteiger partial charge in [0.1, 0.15) is 5.75 Å². The molecule has 2 saturated carbocycles. The Morgan fingerprint density at radius 1 is 1.28 bits per heavy atom. The highest BCUT2D eigenvalue weighted by Crippen LogP contribution is 2.52. The predicted molar refractivity (Wildman–Crippen MR) is 71.6 cm³/mol. The number of aliphatic hydroxyl groups is 1. The van der Waals surface area contributed by atoms with Crippen molar-refractivity contribution in [2.75, 3.05) is 7.11 Å². The maximum atomic E-state index is 10.6. The van der Waals surface area contributed by atoms with Gasteiger partial charge in [-0.25, -0.2) is 0 Å². The number of hydrogen-bond acceptors (Lipinski definition) is 2. The fourth-order valence-corrected chi connectivity index (χ4v) is 4.01. The van der Waals surface area contributed by atoms with E-state index in [4.69, 9.17) is 4.74 Å². The summed E-state index contributed by atoms with van der Waals surface area (Å²) in [7, 11) is 1.69. The highest BCUT2D eigenvalue weighted by Gasteiger charge is 2.43. The summed E-state index contributed by atoms with van der Waals surface area (Å²) < 4.78 is 5.27. The zero-order valence-corrected chi connectivity index (χ0v) is 11.2. The molecule has 1 N–H and O–H groups in total. The van der Waals surface area contributed by atoms with E-state index in [1.807, 2.05) is 19.1 Å². The van der Waals surface area contributed by atoms with E-state index in [1.54, 1.807) is 7.11 Å². The summed E-state index contributed by atoms with van der Waals surface area (Å²) in [5.74, 6) is 3.02. The smallest absolute Gasteiger partial charge is 0.121 e. The molecular formula is C16H22O2. The fraction of sp³-hybridized carbons (Fsp3) is 0.625. The van der Waals surface area contributed by atoms with Gasteiger partial charge < -0.3 is 9.84 Å². The van der Waals surface area contributed by atoms with E-state index in [0.29, 0.717) is 5.92 Å². The molecular weight excluding hydrogens is 224 g/mol. The van der Waals surface area contributed by atoms with Crippen molar-refractivity contribution < 1.29 is 9.84 Å². The molecule has 4 atom stereocenters. The van der Waals surface area contributed by atoms with Crippen LogP contribution in [-0.2, 0) is 0 Å². The van der Waals surface area contributed by atoms with Crippen molar-refractivity contribution in [2.24, 2.45) is 17.8 Å². The molecule has 0 amide bonds. The van der Waals surface area contributed by atoms with E-state index in [-0.39, 0.29) is 6.10 Å². The normalized spacial score (nSPS) is 31.6. The molecule has 2 heteroatoms. The average Bonchev–Trinajstić information content (AvgIpc) is 3.00. The molecule has 98 valence electrons. The number of rotatable bonds is 3. The van der Waals surface area contributed by atoms with Crippen LogP contribution in [-0.4, -0.2) is 12.2 Å². The molecule has 0 radical (unpaired) electrons. The van der Waals surface area contributed by atoms with E-state index in [0.717, 1.165) is 28.7 Å². The first-order valence-electron chi connectivity index (χ1n) is 7.01. The predicted octanol–water partition coefficient (Wildman–Crippen LogP) is 3.47. The van der Waals surface area contributed by atoms with Crippen molar-refractivity contribution >= 4 is 0 Å². The Morgan fingerprint density at radius 3 is 2.67 bits per heavy atom. The van der Waals surface area contributed by atoms with Gasteiger partial charge in [0.25, 0.3) is 0 Å². The van der Waals surface area contributed by atoms with Crippen LogP contribution in [0.1, 0.15) is 42.9 Å². The van der Waals surface area contributed by atoms with Gasteiger partial charge >= 0.3 is 0 Å². The maximum Gasteiger partial charge on any atom is 0.121 e. The molecule has 2 fully saturated rings. The lowest BCUT2D eigenvalue weighted by molar-refractivity contribution is 0.0744. The van der Waals surface area contributed by atoms with Crippen LogP contribution in [0.3, 0.4) is 0 Å². The molecule has 1 aromatic rings. The van der Waals surface area contributed by atoms with Crippen LogP contribution >= 0.6 is 0 Å². The summed E-state index contributed by atoms with van der Waals surface area (Å²) >= 11 is 0. The van der Waals surface area contributed by atoms with Crippen LogP contribution in [0.15, 0.2) is 18.2 Å². The lowest BCUT2D eigenvalue weighted by Gasteiger charge is -2.27. The minimum absolute atomic E-state index is 0.287. The Bertz CT molecular complexity index is 441. The number of hydrogen-bond donors (Lipinski definition) is 1. The second kappa shape index (κ2) is 4.58. The van der Waals surface area contributed by atoms with Gasteiger partial charge in [0.15, 0.2) is 0 Å². The molecule has 0 heterocycles. The second-order valence-electron chi connectivity index (χ2n) is 6.01. The molecule has 2 aliphatic carbocycles.